The zero-order valence-corrected chi connectivity index (χ0v) is 27.3. The van der Waals surface area contributed by atoms with Crippen LogP contribution in [-0.4, -0.2) is 53.6 Å². The molecule has 48 heavy (non-hydrogen) atoms. The lowest BCUT2D eigenvalue weighted by Crippen LogP contribution is -2.53. The van der Waals surface area contributed by atoms with Gasteiger partial charge in [-0.1, -0.05) is 152 Å². The molecule has 1 N–H and O–H groups in total. The summed E-state index contributed by atoms with van der Waals surface area (Å²) in [6, 6.07) is 50.7. The Bertz CT molecular complexity index is 1590. The van der Waals surface area contributed by atoms with E-state index in [9.17, 15) is 5.11 Å². The topological polar surface area (TPSA) is 60.4 Å². The molecule has 0 aliphatic carbocycles. The lowest BCUT2D eigenvalue weighted by molar-refractivity contribution is -0.179. The van der Waals surface area contributed by atoms with Gasteiger partial charge in [0.1, 0.15) is 18.3 Å². The van der Waals surface area contributed by atoms with Gasteiger partial charge in [-0.2, -0.15) is 0 Å². The van der Waals surface area contributed by atoms with Crippen molar-refractivity contribution in [2.24, 2.45) is 0 Å². The van der Waals surface area contributed by atoms with E-state index in [4.69, 9.17) is 18.9 Å². The highest BCUT2D eigenvalue weighted by Crippen LogP contribution is 2.30. The second-order valence-corrected chi connectivity index (χ2v) is 12.3. The molecule has 6 nitrogen and oxygen atoms in total. The molecule has 5 aromatic carbocycles. The van der Waals surface area contributed by atoms with Crippen molar-refractivity contribution in [1.29, 1.82) is 0 Å². The monoisotopic (exact) mass is 643 g/mol. The summed E-state index contributed by atoms with van der Waals surface area (Å²) in [4.78, 5) is 2.28. The van der Waals surface area contributed by atoms with Gasteiger partial charge in [-0.05, 0) is 27.8 Å². The maximum Gasteiger partial charge on any atom is 0.114 e. The molecule has 1 aliphatic rings. The highest BCUT2D eigenvalue weighted by Gasteiger charge is 2.47. The van der Waals surface area contributed by atoms with E-state index in [1.807, 2.05) is 103 Å². The molecule has 0 amide bonds. The van der Waals surface area contributed by atoms with Crippen LogP contribution < -0.4 is 0 Å². The summed E-state index contributed by atoms with van der Waals surface area (Å²) in [5.41, 5.74) is 5.37. The summed E-state index contributed by atoms with van der Waals surface area (Å²) in [5.74, 6) is 0. The third kappa shape index (κ3) is 9.70. The Kier molecular flexibility index (Phi) is 12.6. The molecular formula is C42H45NO5. The van der Waals surface area contributed by atoms with Crippen molar-refractivity contribution < 1.29 is 24.1 Å². The number of nitrogens with zero attached hydrogens (tertiary/aromatic N) is 1. The van der Waals surface area contributed by atoms with E-state index < -0.39 is 24.4 Å². The first kappa shape index (κ1) is 33.7. The van der Waals surface area contributed by atoms with Crippen LogP contribution in [0, 0.1) is 0 Å². The Labute approximate surface area is 284 Å². The number of likely N-dealkylation sites (tertiary alicyclic amines) is 1. The van der Waals surface area contributed by atoms with Crippen molar-refractivity contribution >= 4 is 0 Å². The zero-order valence-electron chi connectivity index (χ0n) is 27.3. The van der Waals surface area contributed by atoms with Gasteiger partial charge in [0.15, 0.2) is 0 Å². The van der Waals surface area contributed by atoms with E-state index in [-0.39, 0.29) is 6.04 Å². The summed E-state index contributed by atoms with van der Waals surface area (Å²) in [5, 5.41) is 12.0. The quantitative estimate of drug-likeness (QED) is 0.130. The molecule has 5 aromatic rings. The fourth-order valence-electron chi connectivity index (χ4n) is 6.29. The van der Waals surface area contributed by atoms with Crippen molar-refractivity contribution in [2.75, 3.05) is 13.2 Å². The van der Waals surface area contributed by atoms with Crippen LogP contribution in [0.5, 0.6) is 0 Å². The summed E-state index contributed by atoms with van der Waals surface area (Å²) in [7, 11) is 0. The Morgan fingerprint density at radius 3 is 1.29 bits per heavy atom. The molecule has 0 aromatic heterocycles. The minimum absolute atomic E-state index is 0.252. The van der Waals surface area contributed by atoms with Crippen molar-refractivity contribution in [3.8, 4) is 0 Å². The maximum atomic E-state index is 12.0. The van der Waals surface area contributed by atoms with Crippen LogP contribution in [-0.2, 0) is 51.9 Å². The van der Waals surface area contributed by atoms with Crippen LogP contribution in [0.2, 0.25) is 0 Å². The van der Waals surface area contributed by atoms with Crippen LogP contribution >= 0.6 is 0 Å². The lowest BCUT2D eigenvalue weighted by Gasteiger charge is -2.38. The highest BCUT2D eigenvalue weighted by molar-refractivity contribution is 5.18. The highest BCUT2D eigenvalue weighted by atomic mass is 16.6. The van der Waals surface area contributed by atoms with Crippen LogP contribution in [0.4, 0.5) is 0 Å². The molecule has 0 spiro atoms. The molecule has 1 heterocycles. The average molecular weight is 644 g/mol. The van der Waals surface area contributed by atoms with Crippen molar-refractivity contribution in [2.45, 2.75) is 63.4 Å². The third-order valence-corrected chi connectivity index (χ3v) is 8.78. The molecule has 0 radical (unpaired) electrons. The first-order chi connectivity index (χ1) is 23.7. The minimum atomic E-state index is -0.847. The number of ether oxygens (including phenoxy) is 4. The number of aliphatic hydroxyl groups is 1. The molecule has 0 unspecified atom stereocenters. The third-order valence-electron chi connectivity index (χ3n) is 8.78. The first-order valence-corrected chi connectivity index (χ1v) is 16.8. The average Bonchev–Trinajstić information content (AvgIpc) is 3.24. The number of rotatable bonds is 15. The summed E-state index contributed by atoms with van der Waals surface area (Å²) < 4.78 is 26.9. The number of benzene rings is 5. The fourth-order valence-corrected chi connectivity index (χ4v) is 6.29. The second-order valence-electron chi connectivity index (χ2n) is 12.3. The number of β-amino-alcohol motifs (C(OH)–C–C–N with tert-alkyl or cyclic N) is 1. The predicted octanol–water partition coefficient (Wildman–Crippen LogP) is 7.20. The Balaban J connectivity index is 1.36. The fraction of sp³-hybridized carbons (Fsp3) is 0.286. The number of aliphatic hydroxyl groups excluding tert-OH is 1. The Morgan fingerprint density at radius 2 is 0.833 bits per heavy atom. The largest absolute Gasteiger partial charge is 0.389 e. The van der Waals surface area contributed by atoms with Gasteiger partial charge in [-0.25, -0.2) is 0 Å². The van der Waals surface area contributed by atoms with E-state index in [1.165, 1.54) is 0 Å². The SMILES string of the molecule is O[C@H]1CN(Cc2ccccc2)[C@H](COCc2ccccc2)[C@@H](OCc2ccccc2)[C@H](OCc2ccccc2)[C@H]1OCc1ccccc1. The predicted molar refractivity (Wildman–Crippen MR) is 188 cm³/mol. The smallest absolute Gasteiger partial charge is 0.114 e. The van der Waals surface area contributed by atoms with Crippen LogP contribution in [0.1, 0.15) is 27.8 Å². The van der Waals surface area contributed by atoms with Crippen LogP contribution in [0.3, 0.4) is 0 Å². The van der Waals surface area contributed by atoms with Gasteiger partial charge in [-0.3, -0.25) is 4.90 Å². The molecule has 248 valence electrons. The van der Waals surface area contributed by atoms with E-state index in [0.717, 1.165) is 27.8 Å². The van der Waals surface area contributed by atoms with E-state index in [1.54, 1.807) is 0 Å². The van der Waals surface area contributed by atoms with E-state index in [0.29, 0.717) is 46.1 Å². The summed E-state index contributed by atoms with van der Waals surface area (Å²) in [6.45, 7) is 2.90. The summed E-state index contributed by atoms with van der Waals surface area (Å²) >= 11 is 0. The van der Waals surface area contributed by atoms with Crippen molar-refractivity contribution in [3.63, 3.8) is 0 Å². The second kappa shape index (κ2) is 17.9. The van der Waals surface area contributed by atoms with Gasteiger partial charge in [0.25, 0.3) is 0 Å². The number of hydrogen-bond donors (Lipinski definition) is 1. The first-order valence-electron chi connectivity index (χ1n) is 16.8. The molecule has 1 aliphatic heterocycles. The lowest BCUT2D eigenvalue weighted by atomic mass is 9.99. The van der Waals surface area contributed by atoms with Gasteiger partial charge < -0.3 is 24.1 Å². The molecule has 6 rings (SSSR count). The van der Waals surface area contributed by atoms with Crippen LogP contribution in [0.25, 0.3) is 0 Å². The Morgan fingerprint density at radius 1 is 0.458 bits per heavy atom. The standard InChI is InChI=1S/C42H45NO5/c44-39-27-43(26-33-16-6-1-7-17-33)38(32-45-28-34-18-8-2-9-19-34)40(46-29-35-20-10-3-11-21-35)42(48-31-37-24-14-5-15-25-37)41(39)47-30-36-22-12-4-13-23-36/h1-25,38-42,44H,26-32H2/t38-,39+,40-,41+,42+/m1/s1. The molecule has 1 saturated heterocycles. The van der Waals surface area contributed by atoms with Crippen LogP contribution in [0.15, 0.2) is 152 Å². The minimum Gasteiger partial charge on any atom is -0.389 e. The molecular weight excluding hydrogens is 598 g/mol. The molecule has 6 heteroatoms. The van der Waals surface area contributed by atoms with E-state index >= 15 is 0 Å². The van der Waals surface area contributed by atoms with Gasteiger partial charge >= 0.3 is 0 Å². The molecule has 0 saturated carbocycles. The summed E-state index contributed by atoms with van der Waals surface area (Å²) in [6.07, 6.45) is -2.60. The zero-order chi connectivity index (χ0) is 32.8. The van der Waals surface area contributed by atoms with Gasteiger partial charge in [-0.15, -0.1) is 0 Å². The van der Waals surface area contributed by atoms with Crippen molar-refractivity contribution in [3.05, 3.63) is 179 Å². The molecule has 5 atom stereocenters. The van der Waals surface area contributed by atoms with Gasteiger partial charge in [0, 0.05) is 13.1 Å². The Hall–Kier alpha value is -4.14. The number of hydrogen-bond acceptors (Lipinski definition) is 6. The van der Waals surface area contributed by atoms with E-state index in [2.05, 4.69) is 53.4 Å². The molecule has 1 fully saturated rings. The maximum absolute atomic E-state index is 12.0. The van der Waals surface area contributed by atoms with Gasteiger partial charge in [0.2, 0.25) is 0 Å². The van der Waals surface area contributed by atoms with Crippen molar-refractivity contribution in [1.82, 2.24) is 4.90 Å². The normalized spacial score (nSPS) is 21.5. The van der Waals surface area contributed by atoms with Gasteiger partial charge in [0.05, 0.1) is 45.2 Å². The molecule has 0 bridgehead atoms.